The van der Waals surface area contributed by atoms with Crippen molar-refractivity contribution in [3.05, 3.63) is 0 Å². The average Bonchev–Trinajstić information content (AvgIpc) is 1.87. The molecule has 0 aromatic carbocycles. The van der Waals surface area contributed by atoms with Gasteiger partial charge >= 0.3 is 0 Å². The average molecular weight is 157 g/mol. The fraction of sp³-hybridized carbons (Fsp3) is 0.714. The second-order valence-electron chi connectivity index (χ2n) is 2.36. The lowest BCUT2D eigenvalue weighted by Gasteiger charge is -2.09. The van der Waals surface area contributed by atoms with Gasteiger partial charge in [-0.2, -0.15) is 0 Å². The highest BCUT2D eigenvalue weighted by Crippen LogP contribution is 2.06. The molecule has 3 heteroatoms. The number of carbonyl (C=O) groups excluding carboxylic acids is 1. The van der Waals surface area contributed by atoms with Crippen molar-refractivity contribution < 1.29 is 4.79 Å². The number of Topliss-reactive ketones (excluding diaryl/α,β-unsaturated/α-hetero) is 1. The second-order valence-corrected chi connectivity index (χ2v) is 2.54. The van der Waals surface area contributed by atoms with Gasteiger partial charge in [-0.1, -0.05) is 6.92 Å². The van der Waals surface area contributed by atoms with Gasteiger partial charge in [-0.15, -0.1) is 0 Å². The van der Waals surface area contributed by atoms with Crippen LogP contribution in [0.5, 0.6) is 0 Å². The van der Waals surface area contributed by atoms with E-state index in [4.69, 9.17) is 0 Å². The van der Waals surface area contributed by atoms with Crippen molar-refractivity contribution in [2.24, 2.45) is 10.9 Å². The van der Waals surface area contributed by atoms with Gasteiger partial charge in [0, 0.05) is 5.92 Å². The highest BCUT2D eigenvalue weighted by Gasteiger charge is 2.14. The SMILES string of the molecule is CC(=O)[C@@H](C)[C@H](C)N=C=S. The molecule has 0 unspecified atom stereocenters. The van der Waals surface area contributed by atoms with E-state index in [9.17, 15) is 4.79 Å². The topological polar surface area (TPSA) is 29.4 Å². The van der Waals surface area contributed by atoms with Gasteiger partial charge in [0.25, 0.3) is 0 Å². The van der Waals surface area contributed by atoms with Crippen molar-refractivity contribution in [2.45, 2.75) is 26.8 Å². The number of nitrogens with zero attached hydrogens (tertiary/aromatic N) is 1. The van der Waals surface area contributed by atoms with Gasteiger partial charge in [-0.25, -0.2) is 4.99 Å². The summed E-state index contributed by atoms with van der Waals surface area (Å²) >= 11 is 4.41. The van der Waals surface area contributed by atoms with Crippen LogP contribution in [0.4, 0.5) is 0 Å². The lowest BCUT2D eigenvalue weighted by atomic mass is 10.0. The summed E-state index contributed by atoms with van der Waals surface area (Å²) in [5.74, 6) is 0.0944. The summed E-state index contributed by atoms with van der Waals surface area (Å²) in [5.41, 5.74) is 0. The van der Waals surface area contributed by atoms with Crippen LogP contribution in [-0.2, 0) is 4.79 Å². The zero-order valence-electron chi connectivity index (χ0n) is 6.42. The summed E-state index contributed by atoms with van der Waals surface area (Å²) in [4.78, 5) is 14.5. The van der Waals surface area contributed by atoms with Gasteiger partial charge < -0.3 is 0 Å². The molecule has 0 saturated heterocycles. The minimum atomic E-state index is -0.0459. The Kier molecular flexibility index (Phi) is 4.08. The van der Waals surface area contributed by atoms with Crippen molar-refractivity contribution in [3.8, 4) is 0 Å². The van der Waals surface area contributed by atoms with Crippen molar-refractivity contribution in [1.29, 1.82) is 0 Å². The van der Waals surface area contributed by atoms with E-state index in [1.807, 2.05) is 13.8 Å². The van der Waals surface area contributed by atoms with Gasteiger partial charge in [0.2, 0.25) is 0 Å². The van der Waals surface area contributed by atoms with E-state index in [0.717, 1.165) is 0 Å². The molecule has 0 rings (SSSR count). The predicted molar refractivity (Wildman–Crippen MR) is 44.3 cm³/mol. The van der Waals surface area contributed by atoms with E-state index in [0.29, 0.717) is 0 Å². The number of hydrogen-bond acceptors (Lipinski definition) is 3. The largest absolute Gasteiger partial charge is 0.300 e. The van der Waals surface area contributed by atoms with Crippen LogP contribution in [0.25, 0.3) is 0 Å². The van der Waals surface area contributed by atoms with Crippen LogP contribution in [0.2, 0.25) is 0 Å². The van der Waals surface area contributed by atoms with E-state index < -0.39 is 0 Å². The Morgan fingerprint density at radius 1 is 1.60 bits per heavy atom. The van der Waals surface area contributed by atoms with E-state index >= 15 is 0 Å². The molecule has 2 atom stereocenters. The van der Waals surface area contributed by atoms with E-state index in [-0.39, 0.29) is 17.7 Å². The summed E-state index contributed by atoms with van der Waals surface area (Å²) in [5, 5.41) is 2.26. The van der Waals surface area contributed by atoms with E-state index in [1.165, 1.54) is 0 Å². The van der Waals surface area contributed by atoms with Crippen LogP contribution in [-0.4, -0.2) is 17.0 Å². The lowest BCUT2D eigenvalue weighted by Crippen LogP contribution is -2.18. The third-order valence-electron chi connectivity index (χ3n) is 1.62. The van der Waals surface area contributed by atoms with Crippen LogP contribution in [0.15, 0.2) is 4.99 Å². The van der Waals surface area contributed by atoms with Gasteiger partial charge in [0.1, 0.15) is 5.78 Å². The Morgan fingerprint density at radius 3 is 2.40 bits per heavy atom. The lowest BCUT2D eigenvalue weighted by molar-refractivity contribution is -0.120. The summed E-state index contributed by atoms with van der Waals surface area (Å²) in [7, 11) is 0. The molecule has 0 amide bonds. The maximum atomic E-state index is 10.7. The molecule has 0 aromatic heterocycles. The first-order valence-electron chi connectivity index (χ1n) is 3.17. The molecule has 0 fully saturated rings. The van der Waals surface area contributed by atoms with Crippen molar-refractivity contribution in [2.75, 3.05) is 0 Å². The number of aliphatic imine (C=N–C) groups is 1. The maximum Gasteiger partial charge on any atom is 0.134 e. The molecule has 56 valence electrons. The third-order valence-corrected chi connectivity index (χ3v) is 1.73. The van der Waals surface area contributed by atoms with Crippen LogP contribution >= 0.6 is 12.2 Å². The van der Waals surface area contributed by atoms with Crippen molar-refractivity contribution >= 4 is 23.2 Å². The Balaban J connectivity index is 4.06. The monoisotopic (exact) mass is 157 g/mol. The predicted octanol–water partition coefficient (Wildman–Crippen LogP) is 1.70. The molecular formula is C7H11NOS. The zero-order valence-corrected chi connectivity index (χ0v) is 7.23. The molecule has 0 aliphatic carbocycles. The summed E-state index contributed by atoms with van der Waals surface area (Å²) < 4.78 is 0. The summed E-state index contributed by atoms with van der Waals surface area (Å²) in [6.45, 7) is 5.24. The van der Waals surface area contributed by atoms with Crippen LogP contribution in [0, 0.1) is 5.92 Å². The molecule has 0 saturated carbocycles. The first-order valence-corrected chi connectivity index (χ1v) is 3.58. The number of rotatable bonds is 3. The first-order chi connectivity index (χ1) is 4.59. The molecule has 2 nitrogen and oxygen atoms in total. The second kappa shape index (κ2) is 4.31. The van der Waals surface area contributed by atoms with Gasteiger partial charge in [0.15, 0.2) is 0 Å². The number of ketones is 1. The highest BCUT2D eigenvalue weighted by molar-refractivity contribution is 7.78. The first kappa shape index (κ1) is 9.47. The Labute approximate surface area is 66.3 Å². The van der Waals surface area contributed by atoms with Crippen molar-refractivity contribution in [3.63, 3.8) is 0 Å². The molecule has 0 aliphatic heterocycles. The van der Waals surface area contributed by atoms with Crippen LogP contribution in [0.3, 0.4) is 0 Å². The molecule has 0 spiro atoms. The molecule has 0 radical (unpaired) electrons. The quantitative estimate of drug-likeness (QED) is 0.461. The van der Waals surface area contributed by atoms with E-state index in [2.05, 4.69) is 22.4 Å². The normalized spacial score (nSPS) is 15.1. The highest BCUT2D eigenvalue weighted by atomic mass is 32.1. The molecule has 0 aliphatic rings. The van der Waals surface area contributed by atoms with E-state index in [1.54, 1.807) is 6.92 Å². The standard InChI is InChI=1S/C7H11NOS/c1-5(7(3)9)6(2)8-4-10/h5-6H,1-3H3/t5-,6-/m0/s1. The zero-order chi connectivity index (χ0) is 8.15. The molecular weight excluding hydrogens is 146 g/mol. The minimum absolute atomic E-state index is 0.0324. The van der Waals surface area contributed by atoms with Crippen LogP contribution < -0.4 is 0 Å². The number of isothiocyanates is 1. The van der Waals surface area contributed by atoms with Gasteiger partial charge in [0.05, 0.1) is 11.2 Å². The minimum Gasteiger partial charge on any atom is -0.300 e. The maximum absolute atomic E-state index is 10.7. The number of thiocarbonyl (C=S) groups is 1. The third kappa shape index (κ3) is 2.85. The van der Waals surface area contributed by atoms with Crippen LogP contribution in [0.1, 0.15) is 20.8 Å². The smallest absolute Gasteiger partial charge is 0.134 e. The van der Waals surface area contributed by atoms with Gasteiger partial charge in [-0.3, -0.25) is 4.79 Å². The molecule has 0 heterocycles. The fourth-order valence-electron chi connectivity index (χ4n) is 0.535. The Morgan fingerprint density at radius 2 is 2.10 bits per heavy atom. The fourth-order valence-corrected chi connectivity index (χ4v) is 0.701. The molecule has 0 N–H and O–H groups in total. The Hall–Kier alpha value is -0.530. The molecule has 10 heavy (non-hydrogen) atoms. The van der Waals surface area contributed by atoms with Crippen molar-refractivity contribution in [1.82, 2.24) is 0 Å². The summed E-state index contributed by atoms with van der Waals surface area (Å²) in [6, 6.07) is -0.0324. The Bertz CT molecular complexity index is 166. The molecule has 0 bridgehead atoms. The molecule has 0 aromatic rings. The van der Waals surface area contributed by atoms with Gasteiger partial charge in [-0.05, 0) is 26.1 Å². The summed E-state index contributed by atoms with van der Waals surface area (Å²) in [6.07, 6.45) is 0. The number of carbonyl (C=O) groups is 1. The number of hydrogen-bond donors (Lipinski definition) is 0.